The number of ether oxygens (including phenoxy) is 1. The van der Waals surface area contributed by atoms with Crippen LogP contribution in [0.2, 0.25) is 0 Å². The van der Waals surface area contributed by atoms with E-state index in [2.05, 4.69) is 10.2 Å². The van der Waals surface area contributed by atoms with Crippen LogP contribution in [-0.2, 0) is 16.0 Å². The van der Waals surface area contributed by atoms with E-state index in [9.17, 15) is 9.59 Å². The first kappa shape index (κ1) is 19.9. The molecule has 2 heterocycles. The van der Waals surface area contributed by atoms with Gasteiger partial charge in [-0.3, -0.25) is 9.59 Å². The lowest BCUT2D eigenvalue weighted by atomic mass is 10.2. The minimum Gasteiger partial charge on any atom is -0.494 e. The molecule has 3 rings (SSSR count). The zero-order chi connectivity index (χ0) is 19.8. The molecule has 0 aliphatic carbocycles. The van der Waals surface area contributed by atoms with Gasteiger partial charge in [-0.15, -0.1) is 10.2 Å². The summed E-state index contributed by atoms with van der Waals surface area (Å²) in [5.74, 6) is 1.98. The highest BCUT2D eigenvalue weighted by atomic mass is 16.5. The highest BCUT2D eigenvalue weighted by molar-refractivity contribution is 5.78. The SMILES string of the molecule is Cc1nnc(CCC(=O)N2CCN(C(=O)CCCOc3ccccc3)CC2)o1. The normalized spacial score (nSPS) is 14.2. The number of aromatic nitrogens is 2. The molecule has 1 saturated heterocycles. The molecule has 0 atom stereocenters. The van der Waals surface area contributed by atoms with Crippen LogP contribution in [0.3, 0.4) is 0 Å². The van der Waals surface area contributed by atoms with Crippen LogP contribution in [0.5, 0.6) is 5.75 Å². The molecular formula is C20H26N4O4. The molecule has 0 spiro atoms. The van der Waals surface area contributed by atoms with E-state index in [4.69, 9.17) is 9.15 Å². The zero-order valence-corrected chi connectivity index (χ0v) is 16.2. The van der Waals surface area contributed by atoms with Crippen LogP contribution < -0.4 is 4.74 Å². The maximum atomic E-state index is 12.3. The van der Waals surface area contributed by atoms with Gasteiger partial charge >= 0.3 is 0 Å². The summed E-state index contributed by atoms with van der Waals surface area (Å²) in [6, 6.07) is 9.58. The lowest BCUT2D eigenvalue weighted by Gasteiger charge is -2.35. The second-order valence-corrected chi connectivity index (χ2v) is 6.74. The van der Waals surface area contributed by atoms with Crippen molar-refractivity contribution in [2.24, 2.45) is 0 Å². The van der Waals surface area contributed by atoms with E-state index in [-0.39, 0.29) is 11.8 Å². The lowest BCUT2D eigenvalue weighted by molar-refractivity contribution is -0.139. The predicted molar refractivity (Wildman–Crippen MR) is 102 cm³/mol. The van der Waals surface area contributed by atoms with Crippen molar-refractivity contribution < 1.29 is 18.7 Å². The molecule has 1 aromatic carbocycles. The average Bonchev–Trinajstić information content (AvgIpc) is 3.15. The fourth-order valence-corrected chi connectivity index (χ4v) is 3.10. The summed E-state index contributed by atoms with van der Waals surface area (Å²) in [5.41, 5.74) is 0. The lowest BCUT2D eigenvalue weighted by Crippen LogP contribution is -2.50. The molecule has 0 bridgehead atoms. The van der Waals surface area contributed by atoms with Crippen molar-refractivity contribution in [1.29, 1.82) is 0 Å². The van der Waals surface area contributed by atoms with Gasteiger partial charge in [0.05, 0.1) is 6.61 Å². The van der Waals surface area contributed by atoms with Crippen LogP contribution in [-0.4, -0.2) is 64.6 Å². The van der Waals surface area contributed by atoms with Gasteiger partial charge in [-0.25, -0.2) is 0 Å². The molecule has 1 aliphatic heterocycles. The van der Waals surface area contributed by atoms with Crippen molar-refractivity contribution >= 4 is 11.8 Å². The third-order valence-electron chi connectivity index (χ3n) is 4.65. The van der Waals surface area contributed by atoms with Gasteiger partial charge in [0, 0.05) is 52.4 Å². The molecule has 0 saturated carbocycles. The van der Waals surface area contributed by atoms with E-state index in [1.807, 2.05) is 35.2 Å². The first-order valence-corrected chi connectivity index (χ1v) is 9.64. The van der Waals surface area contributed by atoms with Crippen molar-refractivity contribution in [3.63, 3.8) is 0 Å². The number of rotatable bonds is 8. The molecule has 2 amide bonds. The van der Waals surface area contributed by atoms with Crippen molar-refractivity contribution in [3.8, 4) is 5.75 Å². The summed E-state index contributed by atoms with van der Waals surface area (Å²) in [7, 11) is 0. The van der Waals surface area contributed by atoms with E-state index >= 15 is 0 Å². The number of benzene rings is 1. The molecule has 1 fully saturated rings. The summed E-state index contributed by atoms with van der Waals surface area (Å²) >= 11 is 0. The molecule has 1 aliphatic rings. The summed E-state index contributed by atoms with van der Waals surface area (Å²) in [4.78, 5) is 28.3. The van der Waals surface area contributed by atoms with Gasteiger partial charge in [-0.05, 0) is 18.6 Å². The number of carbonyl (C=O) groups excluding carboxylic acids is 2. The summed E-state index contributed by atoms with van der Waals surface area (Å²) in [5, 5.41) is 7.66. The zero-order valence-electron chi connectivity index (χ0n) is 16.2. The van der Waals surface area contributed by atoms with Gasteiger partial charge < -0.3 is 19.0 Å². The molecule has 0 N–H and O–H groups in total. The Kier molecular flexibility index (Phi) is 7.00. The van der Waals surface area contributed by atoms with Gasteiger partial charge in [-0.1, -0.05) is 18.2 Å². The van der Waals surface area contributed by atoms with Crippen molar-refractivity contribution in [1.82, 2.24) is 20.0 Å². The Morgan fingerprint density at radius 1 is 1.00 bits per heavy atom. The molecule has 28 heavy (non-hydrogen) atoms. The Balaban J connectivity index is 1.31. The Labute approximate surface area is 164 Å². The van der Waals surface area contributed by atoms with Crippen LogP contribution in [0.25, 0.3) is 0 Å². The van der Waals surface area contributed by atoms with E-state index in [1.165, 1.54) is 0 Å². The van der Waals surface area contributed by atoms with Crippen molar-refractivity contribution in [3.05, 3.63) is 42.1 Å². The van der Waals surface area contributed by atoms with Crippen LogP contribution in [0.4, 0.5) is 0 Å². The second kappa shape index (κ2) is 9.87. The van der Waals surface area contributed by atoms with E-state index in [0.717, 1.165) is 5.75 Å². The van der Waals surface area contributed by atoms with Crippen LogP contribution in [0.15, 0.2) is 34.7 Å². The Morgan fingerprint density at radius 2 is 1.64 bits per heavy atom. The van der Waals surface area contributed by atoms with Crippen molar-refractivity contribution in [2.45, 2.75) is 32.6 Å². The molecule has 0 radical (unpaired) electrons. The van der Waals surface area contributed by atoms with Crippen LogP contribution in [0.1, 0.15) is 31.0 Å². The third kappa shape index (κ3) is 5.80. The molecule has 150 valence electrons. The number of aryl methyl sites for hydroxylation is 2. The van der Waals surface area contributed by atoms with Gasteiger partial charge in [0.15, 0.2) is 0 Å². The number of amides is 2. The van der Waals surface area contributed by atoms with Crippen LogP contribution in [0, 0.1) is 6.92 Å². The summed E-state index contributed by atoms with van der Waals surface area (Å²) < 4.78 is 10.9. The molecule has 8 heteroatoms. The van der Waals surface area contributed by atoms with Crippen LogP contribution >= 0.6 is 0 Å². The molecule has 8 nitrogen and oxygen atoms in total. The number of hydrogen-bond donors (Lipinski definition) is 0. The smallest absolute Gasteiger partial charge is 0.223 e. The standard InChI is InChI=1S/C20H26N4O4/c1-16-21-22-18(28-16)9-10-20(26)24-13-11-23(12-14-24)19(25)8-5-15-27-17-6-3-2-4-7-17/h2-4,6-7H,5,8-15H2,1H3. The first-order chi connectivity index (χ1) is 13.6. The topological polar surface area (TPSA) is 88.8 Å². The second-order valence-electron chi connectivity index (χ2n) is 6.74. The largest absolute Gasteiger partial charge is 0.494 e. The Bertz CT molecular complexity index is 770. The van der Waals surface area contributed by atoms with E-state index in [0.29, 0.717) is 70.3 Å². The number of nitrogens with zero attached hydrogens (tertiary/aromatic N) is 4. The predicted octanol–water partition coefficient (Wildman–Crippen LogP) is 1.84. The maximum absolute atomic E-state index is 12.3. The van der Waals surface area contributed by atoms with E-state index < -0.39 is 0 Å². The quantitative estimate of drug-likeness (QED) is 0.643. The third-order valence-corrected chi connectivity index (χ3v) is 4.65. The average molecular weight is 386 g/mol. The number of carbonyl (C=O) groups is 2. The van der Waals surface area contributed by atoms with Gasteiger partial charge in [0.2, 0.25) is 23.6 Å². The summed E-state index contributed by atoms with van der Waals surface area (Å²) in [6.45, 7) is 4.52. The monoisotopic (exact) mass is 386 g/mol. The van der Waals surface area contributed by atoms with Gasteiger partial charge in [0.1, 0.15) is 5.75 Å². The fraction of sp³-hybridized carbons (Fsp3) is 0.500. The number of hydrogen-bond acceptors (Lipinski definition) is 6. The Hall–Kier alpha value is -2.90. The van der Waals surface area contributed by atoms with E-state index in [1.54, 1.807) is 11.8 Å². The molecule has 2 aromatic rings. The molecular weight excluding hydrogens is 360 g/mol. The number of para-hydroxylation sites is 1. The number of piperazine rings is 1. The Morgan fingerprint density at radius 3 is 2.25 bits per heavy atom. The first-order valence-electron chi connectivity index (χ1n) is 9.64. The minimum absolute atomic E-state index is 0.0548. The van der Waals surface area contributed by atoms with Gasteiger partial charge in [-0.2, -0.15) is 0 Å². The van der Waals surface area contributed by atoms with Crippen molar-refractivity contribution in [2.75, 3.05) is 32.8 Å². The highest BCUT2D eigenvalue weighted by Gasteiger charge is 2.24. The molecule has 1 aromatic heterocycles. The van der Waals surface area contributed by atoms with Gasteiger partial charge in [0.25, 0.3) is 0 Å². The molecule has 0 unspecified atom stereocenters. The highest BCUT2D eigenvalue weighted by Crippen LogP contribution is 2.11. The maximum Gasteiger partial charge on any atom is 0.223 e. The minimum atomic E-state index is 0.0548. The summed E-state index contributed by atoms with van der Waals surface area (Å²) in [6.07, 6.45) is 1.92. The fourth-order valence-electron chi connectivity index (χ4n) is 3.10.